The second-order valence-electron chi connectivity index (χ2n) is 6.90. The Morgan fingerprint density at radius 3 is 2.73 bits per heavy atom. The van der Waals surface area contributed by atoms with Gasteiger partial charge in [-0.1, -0.05) is 23.4 Å². The average Bonchev–Trinajstić information content (AvgIpc) is 3.47. The molecule has 1 amide bonds. The maximum Gasteiger partial charge on any atom is 0.259 e. The van der Waals surface area contributed by atoms with Crippen LogP contribution in [0.5, 0.6) is 17.5 Å². The van der Waals surface area contributed by atoms with Gasteiger partial charge in [0, 0.05) is 19.2 Å². The average molecular weight is 409 g/mol. The number of hydrogen-bond acceptors (Lipinski definition) is 7. The zero-order chi connectivity index (χ0) is 20.9. The van der Waals surface area contributed by atoms with Crippen molar-refractivity contribution in [1.29, 1.82) is 0 Å². The number of nitrogens with zero attached hydrogens (tertiary/aromatic N) is 5. The van der Waals surface area contributed by atoms with E-state index < -0.39 is 0 Å². The molecule has 1 aromatic carbocycles. The van der Waals surface area contributed by atoms with Crippen LogP contribution >= 0.6 is 0 Å². The molecule has 1 fully saturated rings. The zero-order valence-electron chi connectivity index (χ0n) is 16.9. The quantitative estimate of drug-likeness (QED) is 0.591. The van der Waals surface area contributed by atoms with Crippen molar-refractivity contribution in [1.82, 2.24) is 24.9 Å². The first-order chi connectivity index (χ1) is 14.7. The lowest BCUT2D eigenvalue weighted by molar-refractivity contribution is 0.0782. The van der Waals surface area contributed by atoms with E-state index in [2.05, 4.69) is 15.3 Å². The Balaban J connectivity index is 1.39. The van der Waals surface area contributed by atoms with Gasteiger partial charge in [0.2, 0.25) is 11.8 Å². The summed E-state index contributed by atoms with van der Waals surface area (Å²) in [4.78, 5) is 18.9. The summed E-state index contributed by atoms with van der Waals surface area (Å²) in [5, 5.41) is 8.42. The molecule has 156 valence electrons. The standard InChI is InChI=1S/C21H23N5O4/c1-28-19-9-8-18(20(22-19)29-2)21(27)25-11-10-16(13-25)26-12-15(23-24-26)14-30-17-6-4-3-5-7-17/h3-9,12,16H,10-11,13-14H2,1-2H3. The molecule has 0 aliphatic carbocycles. The highest BCUT2D eigenvalue weighted by atomic mass is 16.5. The van der Waals surface area contributed by atoms with Gasteiger partial charge >= 0.3 is 0 Å². The summed E-state index contributed by atoms with van der Waals surface area (Å²) in [5.41, 5.74) is 1.15. The van der Waals surface area contributed by atoms with Crippen LogP contribution in [0.15, 0.2) is 48.7 Å². The number of aromatic nitrogens is 4. The first-order valence-electron chi connectivity index (χ1n) is 9.65. The number of methoxy groups -OCH3 is 2. The topological polar surface area (TPSA) is 91.6 Å². The minimum Gasteiger partial charge on any atom is -0.487 e. The Morgan fingerprint density at radius 1 is 1.13 bits per heavy atom. The second-order valence-corrected chi connectivity index (χ2v) is 6.90. The van der Waals surface area contributed by atoms with E-state index in [0.717, 1.165) is 17.9 Å². The van der Waals surface area contributed by atoms with Gasteiger partial charge in [0.1, 0.15) is 23.6 Å². The molecule has 4 rings (SSSR count). The molecule has 1 unspecified atom stereocenters. The molecule has 1 atom stereocenters. The summed E-state index contributed by atoms with van der Waals surface area (Å²) in [6, 6.07) is 13.0. The number of ether oxygens (including phenoxy) is 3. The number of benzene rings is 1. The van der Waals surface area contributed by atoms with Crippen LogP contribution in [0.25, 0.3) is 0 Å². The van der Waals surface area contributed by atoms with Gasteiger partial charge in [-0.15, -0.1) is 5.10 Å². The van der Waals surface area contributed by atoms with Gasteiger partial charge in [0.25, 0.3) is 5.91 Å². The van der Waals surface area contributed by atoms with E-state index in [4.69, 9.17) is 14.2 Å². The predicted octanol–water partition coefficient (Wildman–Crippen LogP) is 2.36. The van der Waals surface area contributed by atoms with Crippen molar-refractivity contribution in [2.45, 2.75) is 19.1 Å². The highest BCUT2D eigenvalue weighted by Gasteiger charge is 2.30. The number of carbonyl (C=O) groups excluding carboxylic acids is 1. The Hall–Kier alpha value is -3.62. The van der Waals surface area contributed by atoms with Gasteiger partial charge in [-0.3, -0.25) is 4.79 Å². The molecule has 1 aliphatic rings. The summed E-state index contributed by atoms with van der Waals surface area (Å²) in [6.07, 6.45) is 2.66. The van der Waals surface area contributed by atoms with Crippen LogP contribution in [-0.2, 0) is 6.61 Å². The molecule has 9 nitrogen and oxygen atoms in total. The van der Waals surface area contributed by atoms with Gasteiger partial charge in [-0.25, -0.2) is 4.68 Å². The van der Waals surface area contributed by atoms with Gasteiger partial charge in [0.05, 0.1) is 26.5 Å². The summed E-state index contributed by atoms with van der Waals surface area (Å²) in [7, 11) is 3.01. The first-order valence-corrected chi connectivity index (χ1v) is 9.65. The Bertz CT molecular complexity index is 1010. The third-order valence-corrected chi connectivity index (χ3v) is 4.98. The van der Waals surface area contributed by atoms with E-state index in [1.165, 1.54) is 14.2 Å². The van der Waals surface area contributed by atoms with Crippen molar-refractivity contribution in [2.24, 2.45) is 0 Å². The highest BCUT2D eigenvalue weighted by molar-refractivity contribution is 5.96. The summed E-state index contributed by atoms with van der Waals surface area (Å²) in [5.74, 6) is 1.31. The van der Waals surface area contributed by atoms with Gasteiger partial charge < -0.3 is 19.1 Å². The van der Waals surface area contributed by atoms with Gasteiger partial charge in [-0.05, 0) is 24.6 Å². The Labute approximate surface area is 174 Å². The maximum absolute atomic E-state index is 13.0. The van der Waals surface area contributed by atoms with Crippen LogP contribution in [0.4, 0.5) is 0 Å². The lowest BCUT2D eigenvalue weighted by Gasteiger charge is -2.18. The van der Waals surface area contributed by atoms with Crippen molar-refractivity contribution in [3.63, 3.8) is 0 Å². The van der Waals surface area contributed by atoms with Crippen molar-refractivity contribution >= 4 is 5.91 Å². The zero-order valence-corrected chi connectivity index (χ0v) is 16.9. The lowest BCUT2D eigenvalue weighted by Crippen LogP contribution is -2.29. The summed E-state index contributed by atoms with van der Waals surface area (Å²) >= 11 is 0. The monoisotopic (exact) mass is 409 g/mol. The van der Waals surface area contributed by atoms with Crippen molar-refractivity contribution in [3.05, 3.63) is 59.9 Å². The molecule has 0 radical (unpaired) electrons. The molecule has 0 N–H and O–H groups in total. The molecule has 30 heavy (non-hydrogen) atoms. The molecular formula is C21H23N5O4. The SMILES string of the molecule is COc1ccc(C(=O)N2CCC(n3cc(COc4ccccc4)nn3)C2)c(OC)n1. The van der Waals surface area contributed by atoms with Gasteiger partial charge in [0.15, 0.2) is 0 Å². The molecule has 3 aromatic rings. The third kappa shape index (κ3) is 4.19. The third-order valence-electron chi connectivity index (χ3n) is 4.98. The largest absolute Gasteiger partial charge is 0.487 e. The molecule has 1 saturated heterocycles. The van der Waals surface area contributed by atoms with E-state index in [-0.39, 0.29) is 17.8 Å². The minimum absolute atomic E-state index is 0.0594. The summed E-state index contributed by atoms with van der Waals surface area (Å²) < 4.78 is 17.9. The maximum atomic E-state index is 13.0. The predicted molar refractivity (Wildman–Crippen MR) is 108 cm³/mol. The number of likely N-dealkylation sites (tertiary alicyclic amines) is 1. The van der Waals surface area contributed by atoms with E-state index in [0.29, 0.717) is 31.1 Å². The molecule has 0 spiro atoms. The highest BCUT2D eigenvalue weighted by Crippen LogP contribution is 2.26. The molecule has 3 heterocycles. The molecular weight excluding hydrogens is 386 g/mol. The van der Waals surface area contributed by atoms with Crippen LogP contribution in [0.3, 0.4) is 0 Å². The van der Waals surface area contributed by atoms with Gasteiger partial charge in [-0.2, -0.15) is 4.98 Å². The van der Waals surface area contributed by atoms with Crippen molar-refractivity contribution in [2.75, 3.05) is 27.3 Å². The molecule has 2 aromatic heterocycles. The number of hydrogen-bond donors (Lipinski definition) is 0. The lowest BCUT2D eigenvalue weighted by atomic mass is 10.2. The first kappa shape index (κ1) is 19.7. The van der Waals surface area contributed by atoms with E-state index in [1.807, 2.05) is 36.5 Å². The van der Waals surface area contributed by atoms with E-state index in [1.54, 1.807) is 21.7 Å². The number of pyridine rings is 1. The van der Waals surface area contributed by atoms with Crippen LogP contribution in [0.2, 0.25) is 0 Å². The van der Waals surface area contributed by atoms with Crippen molar-refractivity contribution < 1.29 is 19.0 Å². The number of rotatable bonds is 7. The van der Waals surface area contributed by atoms with Crippen LogP contribution in [-0.4, -0.2) is 58.1 Å². The molecule has 9 heteroatoms. The van der Waals surface area contributed by atoms with Crippen LogP contribution in [0, 0.1) is 0 Å². The van der Waals surface area contributed by atoms with E-state index >= 15 is 0 Å². The smallest absolute Gasteiger partial charge is 0.259 e. The molecule has 0 saturated carbocycles. The minimum atomic E-state index is -0.128. The number of carbonyl (C=O) groups is 1. The molecule has 0 bridgehead atoms. The van der Waals surface area contributed by atoms with Crippen LogP contribution < -0.4 is 14.2 Å². The number of para-hydroxylation sites is 1. The summed E-state index contributed by atoms with van der Waals surface area (Å²) in [6.45, 7) is 1.50. The fourth-order valence-corrected chi connectivity index (χ4v) is 3.40. The van der Waals surface area contributed by atoms with Crippen molar-refractivity contribution in [3.8, 4) is 17.5 Å². The Morgan fingerprint density at radius 2 is 1.97 bits per heavy atom. The normalized spacial score (nSPS) is 15.8. The fraction of sp³-hybridized carbons (Fsp3) is 0.333. The fourth-order valence-electron chi connectivity index (χ4n) is 3.40. The van der Waals surface area contributed by atoms with E-state index in [9.17, 15) is 4.79 Å². The second kappa shape index (κ2) is 8.81. The molecule has 1 aliphatic heterocycles. The van der Waals surface area contributed by atoms with Crippen LogP contribution in [0.1, 0.15) is 28.5 Å². The number of amides is 1. The Kier molecular flexibility index (Phi) is 5.78.